The lowest BCUT2D eigenvalue weighted by Crippen LogP contribution is -2.37. The third-order valence-electron chi connectivity index (χ3n) is 4.48. The van der Waals surface area contributed by atoms with Gasteiger partial charge in [0.25, 0.3) is 0 Å². The van der Waals surface area contributed by atoms with Gasteiger partial charge in [-0.25, -0.2) is 0 Å². The van der Waals surface area contributed by atoms with Gasteiger partial charge in [-0.05, 0) is 42.5 Å². The molecule has 0 aromatic heterocycles. The van der Waals surface area contributed by atoms with Crippen molar-refractivity contribution in [1.82, 2.24) is 0 Å². The number of ether oxygens (including phenoxy) is 1. The Bertz CT molecular complexity index is 708. The van der Waals surface area contributed by atoms with Crippen LogP contribution in [-0.2, 0) is 21.7 Å². The van der Waals surface area contributed by atoms with Crippen LogP contribution < -0.4 is 11.1 Å². The first kappa shape index (κ1) is 21.8. The standard InChI is InChI=1S/C21H26N2O2S.ClH/c22-20(14-16-5-2-1-3-6-16)21(24)23-18-8-4-7-17(13-18)15-26-19-9-11-25-12-10-19;/h1-8,13,19-20H,9-12,14-15,22H2,(H,23,24);1H/t20-;/m0./s1. The van der Waals surface area contributed by atoms with Crippen LogP contribution in [-0.4, -0.2) is 30.4 Å². The summed E-state index contributed by atoms with van der Waals surface area (Å²) >= 11 is 1.97. The zero-order valence-electron chi connectivity index (χ0n) is 15.3. The van der Waals surface area contributed by atoms with Crippen molar-refractivity contribution in [2.75, 3.05) is 18.5 Å². The second kappa shape index (κ2) is 11.3. The first-order valence-electron chi connectivity index (χ1n) is 9.09. The van der Waals surface area contributed by atoms with Gasteiger partial charge in [0.2, 0.25) is 5.91 Å². The quantitative estimate of drug-likeness (QED) is 0.728. The van der Waals surface area contributed by atoms with Crippen LogP contribution in [0.5, 0.6) is 0 Å². The minimum Gasteiger partial charge on any atom is -0.381 e. The predicted octanol–water partition coefficient (Wildman–Crippen LogP) is 4.03. The van der Waals surface area contributed by atoms with Crippen molar-refractivity contribution >= 4 is 35.8 Å². The minimum atomic E-state index is -0.558. The lowest BCUT2D eigenvalue weighted by atomic mass is 10.1. The maximum absolute atomic E-state index is 12.4. The van der Waals surface area contributed by atoms with E-state index in [-0.39, 0.29) is 18.3 Å². The molecule has 27 heavy (non-hydrogen) atoms. The van der Waals surface area contributed by atoms with E-state index >= 15 is 0 Å². The van der Waals surface area contributed by atoms with Gasteiger partial charge in [0, 0.05) is 29.9 Å². The van der Waals surface area contributed by atoms with Gasteiger partial charge < -0.3 is 15.8 Å². The summed E-state index contributed by atoms with van der Waals surface area (Å²) in [6.07, 6.45) is 2.77. The Balaban J connectivity index is 0.00000261. The SMILES string of the molecule is Cl.N[C@@H](Cc1ccccc1)C(=O)Nc1cccc(CSC2CCOCC2)c1. The molecular weight excluding hydrogens is 380 g/mol. The summed E-state index contributed by atoms with van der Waals surface area (Å²) in [6, 6.07) is 17.3. The van der Waals surface area contributed by atoms with Gasteiger partial charge >= 0.3 is 0 Å². The number of carbonyl (C=O) groups is 1. The Hall–Kier alpha value is -1.53. The Kier molecular flexibility index (Phi) is 9.15. The van der Waals surface area contributed by atoms with Crippen LogP contribution in [0.15, 0.2) is 54.6 Å². The average molecular weight is 407 g/mol. The molecule has 3 rings (SSSR count). The number of rotatable bonds is 7. The number of nitrogens with two attached hydrogens (primary N) is 1. The van der Waals surface area contributed by atoms with E-state index in [0.717, 1.165) is 43.1 Å². The van der Waals surface area contributed by atoms with E-state index in [2.05, 4.69) is 11.4 Å². The van der Waals surface area contributed by atoms with E-state index in [4.69, 9.17) is 10.5 Å². The van der Waals surface area contributed by atoms with Crippen molar-refractivity contribution in [3.8, 4) is 0 Å². The fraction of sp³-hybridized carbons (Fsp3) is 0.381. The number of halogens is 1. The van der Waals surface area contributed by atoms with E-state index in [0.29, 0.717) is 11.7 Å². The largest absolute Gasteiger partial charge is 0.381 e. The number of hydrogen-bond donors (Lipinski definition) is 2. The molecule has 1 fully saturated rings. The van der Waals surface area contributed by atoms with E-state index in [1.807, 2.05) is 60.3 Å². The molecule has 1 aliphatic heterocycles. The Morgan fingerprint density at radius 1 is 1.11 bits per heavy atom. The van der Waals surface area contributed by atoms with E-state index in [1.54, 1.807) is 0 Å². The van der Waals surface area contributed by atoms with Crippen molar-refractivity contribution in [2.45, 2.75) is 36.3 Å². The highest BCUT2D eigenvalue weighted by molar-refractivity contribution is 7.99. The van der Waals surface area contributed by atoms with Crippen molar-refractivity contribution < 1.29 is 9.53 Å². The fourth-order valence-corrected chi connectivity index (χ4v) is 4.12. The predicted molar refractivity (Wildman–Crippen MR) is 116 cm³/mol. The highest BCUT2D eigenvalue weighted by Crippen LogP contribution is 2.26. The molecule has 1 aliphatic rings. The third-order valence-corrected chi connectivity index (χ3v) is 5.93. The number of benzene rings is 2. The molecule has 0 bridgehead atoms. The average Bonchev–Trinajstić information content (AvgIpc) is 2.68. The first-order valence-corrected chi connectivity index (χ1v) is 10.1. The molecule has 0 spiro atoms. The van der Waals surface area contributed by atoms with E-state index in [1.165, 1.54) is 5.56 Å². The number of hydrogen-bond acceptors (Lipinski definition) is 4. The third kappa shape index (κ3) is 7.18. The number of carbonyl (C=O) groups excluding carboxylic acids is 1. The van der Waals surface area contributed by atoms with Gasteiger partial charge in [-0.2, -0.15) is 11.8 Å². The molecule has 0 aliphatic carbocycles. The van der Waals surface area contributed by atoms with Crippen molar-refractivity contribution in [1.29, 1.82) is 0 Å². The smallest absolute Gasteiger partial charge is 0.241 e. The lowest BCUT2D eigenvalue weighted by molar-refractivity contribution is -0.117. The van der Waals surface area contributed by atoms with Gasteiger partial charge in [-0.3, -0.25) is 4.79 Å². The molecule has 146 valence electrons. The van der Waals surface area contributed by atoms with Gasteiger partial charge in [0.15, 0.2) is 0 Å². The molecule has 0 radical (unpaired) electrons. The van der Waals surface area contributed by atoms with Gasteiger partial charge in [0.1, 0.15) is 0 Å². The maximum Gasteiger partial charge on any atom is 0.241 e. The summed E-state index contributed by atoms with van der Waals surface area (Å²) < 4.78 is 5.41. The number of amides is 1. The van der Waals surface area contributed by atoms with Crippen LogP contribution in [0.4, 0.5) is 5.69 Å². The summed E-state index contributed by atoms with van der Waals surface area (Å²) in [5.41, 5.74) is 9.16. The molecule has 1 saturated heterocycles. The highest BCUT2D eigenvalue weighted by Gasteiger charge is 2.16. The monoisotopic (exact) mass is 406 g/mol. The van der Waals surface area contributed by atoms with Gasteiger partial charge in [-0.15, -0.1) is 12.4 Å². The summed E-state index contributed by atoms with van der Waals surface area (Å²) in [7, 11) is 0. The van der Waals surface area contributed by atoms with E-state index in [9.17, 15) is 4.79 Å². The normalized spacial score (nSPS) is 15.6. The zero-order chi connectivity index (χ0) is 18.2. The molecular formula is C21H27ClN2O2S. The lowest BCUT2D eigenvalue weighted by Gasteiger charge is -2.21. The molecule has 1 heterocycles. The van der Waals surface area contributed by atoms with Crippen molar-refractivity contribution in [3.05, 3.63) is 65.7 Å². The zero-order valence-corrected chi connectivity index (χ0v) is 16.9. The number of anilines is 1. The van der Waals surface area contributed by atoms with Crippen molar-refractivity contribution in [2.24, 2.45) is 5.73 Å². The van der Waals surface area contributed by atoms with Crippen LogP contribution >= 0.6 is 24.2 Å². The molecule has 4 nitrogen and oxygen atoms in total. The number of nitrogens with one attached hydrogen (secondary N) is 1. The molecule has 1 atom stereocenters. The minimum absolute atomic E-state index is 0. The molecule has 2 aromatic carbocycles. The van der Waals surface area contributed by atoms with Crippen LogP contribution in [0, 0.1) is 0 Å². The van der Waals surface area contributed by atoms with Crippen LogP contribution in [0.2, 0.25) is 0 Å². The van der Waals surface area contributed by atoms with Crippen LogP contribution in [0.3, 0.4) is 0 Å². The summed E-state index contributed by atoms with van der Waals surface area (Å²) in [6.45, 7) is 1.74. The summed E-state index contributed by atoms with van der Waals surface area (Å²) in [4.78, 5) is 12.4. The van der Waals surface area contributed by atoms with E-state index < -0.39 is 6.04 Å². The Morgan fingerprint density at radius 2 is 1.81 bits per heavy atom. The highest BCUT2D eigenvalue weighted by atomic mass is 35.5. The Labute approximate surface area is 171 Å². The molecule has 6 heteroatoms. The number of thioether (sulfide) groups is 1. The van der Waals surface area contributed by atoms with Gasteiger partial charge in [0.05, 0.1) is 6.04 Å². The topological polar surface area (TPSA) is 64.4 Å². The molecule has 0 unspecified atom stereocenters. The second-order valence-corrected chi connectivity index (χ2v) is 7.90. The Morgan fingerprint density at radius 3 is 2.56 bits per heavy atom. The summed E-state index contributed by atoms with van der Waals surface area (Å²) in [5.74, 6) is 0.799. The van der Waals surface area contributed by atoms with Crippen LogP contribution in [0.25, 0.3) is 0 Å². The van der Waals surface area contributed by atoms with Crippen molar-refractivity contribution in [3.63, 3.8) is 0 Å². The fourth-order valence-electron chi connectivity index (χ4n) is 2.99. The van der Waals surface area contributed by atoms with Gasteiger partial charge in [-0.1, -0.05) is 42.5 Å². The summed E-state index contributed by atoms with van der Waals surface area (Å²) in [5, 5.41) is 3.61. The van der Waals surface area contributed by atoms with Crippen LogP contribution in [0.1, 0.15) is 24.0 Å². The molecule has 0 saturated carbocycles. The maximum atomic E-state index is 12.4. The molecule has 2 aromatic rings. The molecule has 3 N–H and O–H groups in total. The molecule has 1 amide bonds. The first-order chi connectivity index (χ1) is 12.7. The second-order valence-electron chi connectivity index (χ2n) is 6.61.